The quantitative estimate of drug-likeness (QED) is 0.901. The summed E-state index contributed by atoms with van der Waals surface area (Å²) in [7, 11) is 0. The fourth-order valence-corrected chi connectivity index (χ4v) is 2.92. The molecule has 3 nitrogen and oxygen atoms in total. The molecule has 1 fully saturated rings. The Morgan fingerprint density at radius 3 is 3.05 bits per heavy atom. The van der Waals surface area contributed by atoms with Gasteiger partial charge in [-0.2, -0.15) is 0 Å². The summed E-state index contributed by atoms with van der Waals surface area (Å²) >= 11 is 3.27. The van der Waals surface area contributed by atoms with E-state index < -0.39 is 5.97 Å². The van der Waals surface area contributed by atoms with Crippen LogP contribution in [0.4, 0.5) is 4.39 Å². The summed E-state index contributed by atoms with van der Waals surface area (Å²) in [5.41, 5.74) is 0.943. The molecular weight excluding hydrogens is 313 g/mol. The van der Waals surface area contributed by atoms with Crippen LogP contribution in [0.25, 0.3) is 0 Å². The third-order valence-corrected chi connectivity index (χ3v) is 4.45. The highest BCUT2D eigenvalue weighted by Gasteiger charge is 2.23. The molecule has 1 aromatic rings. The first-order valence-corrected chi connectivity index (χ1v) is 7.22. The molecule has 0 aliphatic carbocycles. The first kappa shape index (κ1) is 14.5. The minimum Gasteiger partial charge on any atom is -0.481 e. The van der Waals surface area contributed by atoms with Gasteiger partial charge in [0.05, 0.1) is 4.47 Å². The summed E-state index contributed by atoms with van der Waals surface area (Å²) in [5, 5.41) is 8.68. The Hall–Kier alpha value is -0.940. The summed E-state index contributed by atoms with van der Waals surface area (Å²) < 4.78 is 13.9. The molecule has 0 aromatic heterocycles. The predicted molar refractivity (Wildman–Crippen MR) is 74.4 cm³/mol. The summed E-state index contributed by atoms with van der Waals surface area (Å²) in [6, 6.07) is 5.07. The van der Waals surface area contributed by atoms with Crippen LogP contribution >= 0.6 is 15.9 Å². The number of rotatable bonds is 5. The molecule has 1 aromatic carbocycles. The Morgan fingerprint density at radius 1 is 1.53 bits per heavy atom. The number of likely N-dealkylation sites (tertiary alicyclic amines) is 1. The molecule has 104 valence electrons. The minimum atomic E-state index is -0.730. The molecule has 2 rings (SSSR count). The maximum absolute atomic E-state index is 13.4. The normalized spacial score (nSPS) is 19.8. The second kappa shape index (κ2) is 6.48. The average molecular weight is 330 g/mol. The van der Waals surface area contributed by atoms with E-state index in [9.17, 15) is 9.18 Å². The zero-order chi connectivity index (χ0) is 13.8. The van der Waals surface area contributed by atoms with E-state index in [1.54, 1.807) is 6.07 Å². The molecule has 0 spiro atoms. The Labute approximate surface area is 120 Å². The molecule has 1 N–H and O–H groups in total. The third kappa shape index (κ3) is 4.01. The average Bonchev–Trinajstić information content (AvgIpc) is 2.80. The monoisotopic (exact) mass is 329 g/mol. The molecule has 0 radical (unpaired) electrons. The van der Waals surface area contributed by atoms with Gasteiger partial charge in [0.2, 0.25) is 0 Å². The van der Waals surface area contributed by atoms with Crippen molar-refractivity contribution < 1.29 is 14.3 Å². The van der Waals surface area contributed by atoms with Gasteiger partial charge in [-0.3, -0.25) is 9.69 Å². The van der Waals surface area contributed by atoms with Gasteiger partial charge in [0.15, 0.2) is 0 Å². The number of benzene rings is 1. The van der Waals surface area contributed by atoms with Crippen molar-refractivity contribution in [2.45, 2.75) is 25.8 Å². The molecular formula is C14H17BrFNO2. The van der Waals surface area contributed by atoms with Crippen LogP contribution in [0, 0.1) is 11.7 Å². The van der Waals surface area contributed by atoms with Gasteiger partial charge in [0.1, 0.15) is 5.82 Å². The number of carboxylic acid groups (broad SMARTS) is 1. The second-order valence-corrected chi connectivity index (χ2v) is 5.83. The fraction of sp³-hybridized carbons (Fsp3) is 0.500. The summed E-state index contributed by atoms with van der Waals surface area (Å²) in [5.74, 6) is -0.520. The summed E-state index contributed by atoms with van der Waals surface area (Å²) in [6.45, 7) is 2.56. The topological polar surface area (TPSA) is 40.5 Å². The molecule has 5 heteroatoms. The molecule has 1 heterocycles. The molecule has 1 aliphatic heterocycles. The number of aliphatic carboxylic acids is 1. The van der Waals surface area contributed by atoms with E-state index in [0.717, 1.165) is 31.5 Å². The number of carboxylic acids is 1. The van der Waals surface area contributed by atoms with Crippen molar-refractivity contribution in [2.75, 3.05) is 13.1 Å². The number of carbonyl (C=O) groups is 1. The van der Waals surface area contributed by atoms with Gasteiger partial charge in [-0.15, -0.1) is 0 Å². The van der Waals surface area contributed by atoms with E-state index in [0.29, 0.717) is 16.9 Å². The first-order valence-electron chi connectivity index (χ1n) is 6.43. The molecule has 1 unspecified atom stereocenters. The van der Waals surface area contributed by atoms with Crippen LogP contribution in [0.5, 0.6) is 0 Å². The molecule has 19 heavy (non-hydrogen) atoms. The highest BCUT2D eigenvalue weighted by molar-refractivity contribution is 9.10. The lowest BCUT2D eigenvalue weighted by molar-refractivity contribution is -0.137. The van der Waals surface area contributed by atoms with Crippen LogP contribution in [0.3, 0.4) is 0 Å². The van der Waals surface area contributed by atoms with E-state index in [-0.39, 0.29) is 12.2 Å². The van der Waals surface area contributed by atoms with Crippen LogP contribution in [0.2, 0.25) is 0 Å². The van der Waals surface area contributed by atoms with Gasteiger partial charge >= 0.3 is 5.97 Å². The Kier molecular flexibility index (Phi) is 4.93. The smallest absolute Gasteiger partial charge is 0.303 e. The van der Waals surface area contributed by atoms with Gasteiger partial charge in [-0.05, 0) is 52.9 Å². The lowest BCUT2D eigenvalue weighted by Crippen LogP contribution is -2.20. The Morgan fingerprint density at radius 2 is 2.32 bits per heavy atom. The zero-order valence-corrected chi connectivity index (χ0v) is 12.2. The van der Waals surface area contributed by atoms with Gasteiger partial charge in [-0.25, -0.2) is 4.39 Å². The second-order valence-electron chi connectivity index (χ2n) is 5.04. The van der Waals surface area contributed by atoms with E-state index in [1.165, 1.54) is 6.07 Å². The molecule has 1 atom stereocenters. The van der Waals surface area contributed by atoms with E-state index >= 15 is 0 Å². The highest BCUT2D eigenvalue weighted by atomic mass is 79.9. The fourth-order valence-electron chi connectivity index (χ4n) is 2.53. The largest absolute Gasteiger partial charge is 0.481 e. The van der Waals surface area contributed by atoms with Crippen molar-refractivity contribution in [2.24, 2.45) is 5.92 Å². The van der Waals surface area contributed by atoms with Crippen molar-refractivity contribution >= 4 is 21.9 Å². The number of hydrogen-bond donors (Lipinski definition) is 1. The van der Waals surface area contributed by atoms with Crippen LogP contribution in [-0.4, -0.2) is 29.1 Å². The van der Waals surface area contributed by atoms with Crippen LogP contribution in [0.15, 0.2) is 22.7 Å². The van der Waals surface area contributed by atoms with Gasteiger partial charge in [0.25, 0.3) is 0 Å². The van der Waals surface area contributed by atoms with Gasteiger partial charge in [0, 0.05) is 19.5 Å². The standard InChI is InChI=1S/C14H17BrFNO2/c15-14-11(2-1-3-12(14)16)9-17-7-6-10(8-17)4-5-13(18)19/h1-3,10H,4-9H2,(H,18,19). The Bertz CT molecular complexity index is 467. The van der Waals surface area contributed by atoms with Crippen molar-refractivity contribution in [3.8, 4) is 0 Å². The SMILES string of the molecule is O=C(O)CCC1CCN(Cc2cccc(F)c2Br)C1. The lowest BCUT2D eigenvalue weighted by Gasteiger charge is -2.17. The van der Waals surface area contributed by atoms with Gasteiger partial charge in [-0.1, -0.05) is 12.1 Å². The minimum absolute atomic E-state index is 0.237. The molecule has 0 bridgehead atoms. The zero-order valence-electron chi connectivity index (χ0n) is 10.6. The maximum Gasteiger partial charge on any atom is 0.303 e. The van der Waals surface area contributed by atoms with Crippen molar-refractivity contribution in [1.29, 1.82) is 0 Å². The highest BCUT2D eigenvalue weighted by Crippen LogP contribution is 2.26. The number of hydrogen-bond acceptors (Lipinski definition) is 2. The molecule has 0 saturated carbocycles. The molecule has 0 amide bonds. The van der Waals surface area contributed by atoms with E-state index in [2.05, 4.69) is 20.8 Å². The van der Waals surface area contributed by atoms with Crippen LogP contribution in [-0.2, 0) is 11.3 Å². The van der Waals surface area contributed by atoms with E-state index in [1.807, 2.05) is 6.07 Å². The third-order valence-electron chi connectivity index (χ3n) is 3.56. The number of halogens is 2. The van der Waals surface area contributed by atoms with Gasteiger partial charge < -0.3 is 5.11 Å². The first-order chi connectivity index (χ1) is 9.06. The molecule has 1 saturated heterocycles. The predicted octanol–water partition coefficient (Wildman–Crippen LogP) is 3.27. The van der Waals surface area contributed by atoms with Crippen LogP contribution < -0.4 is 0 Å². The lowest BCUT2D eigenvalue weighted by atomic mass is 10.0. The van der Waals surface area contributed by atoms with E-state index in [4.69, 9.17) is 5.11 Å². The van der Waals surface area contributed by atoms with Crippen LogP contribution in [0.1, 0.15) is 24.8 Å². The van der Waals surface area contributed by atoms with Crippen molar-refractivity contribution in [1.82, 2.24) is 4.90 Å². The van der Waals surface area contributed by atoms with Crippen molar-refractivity contribution in [3.63, 3.8) is 0 Å². The Balaban J connectivity index is 1.88. The summed E-state index contributed by atoms with van der Waals surface area (Å²) in [6.07, 6.45) is 2.00. The molecule has 1 aliphatic rings. The maximum atomic E-state index is 13.4. The number of nitrogens with zero attached hydrogens (tertiary/aromatic N) is 1. The summed E-state index contributed by atoms with van der Waals surface area (Å²) in [4.78, 5) is 12.8. The van der Waals surface area contributed by atoms with Crippen molar-refractivity contribution in [3.05, 3.63) is 34.1 Å².